The first-order valence-electron chi connectivity index (χ1n) is 10.2. The first kappa shape index (κ1) is 23.7. The second kappa shape index (κ2) is 9.93. The van der Waals surface area contributed by atoms with E-state index in [1.807, 2.05) is 26.0 Å². The molecule has 0 bridgehead atoms. The normalized spacial score (nSPS) is 20.6. The van der Waals surface area contributed by atoms with Gasteiger partial charge in [-0.05, 0) is 43.4 Å². The molecule has 2 amide bonds. The topological polar surface area (TPSA) is 111 Å². The highest BCUT2D eigenvalue weighted by Crippen LogP contribution is 2.31. The van der Waals surface area contributed by atoms with Crippen molar-refractivity contribution >= 4 is 17.8 Å². The van der Waals surface area contributed by atoms with Crippen molar-refractivity contribution in [1.29, 1.82) is 0 Å². The fourth-order valence-electron chi connectivity index (χ4n) is 3.70. The lowest BCUT2D eigenvalue weighted by Gasteiger charge is -2.35. The quantitative estimate of drug-likeness (QED) is 0.614. The molecule has 8 nitrogen and oxygen atoms in total. The minimum Gasteiger partial charge on any atom is -0.497 e. The molecule has 2 rings (SSSR count). The SMILES string of the molecule is COC(=O)[C@]1(C)CCCN1C(=O)[C@H](Cc1ccc(OC)cc1)NC(=O)[C@@H](N)C(C)C. The monoisotopic (exact) mass is 419 g/mol. The largest absolute Gasteiger partial charge is 0.497 e. The van der Waals surface area contributed by atoms with Crippen LogP contribution in [0.15, 0.2) is 24.3 Å². The van der Waals surface area contributed by atoms with Gasteiger partial charge in [0.1, 0.15) is 17.3 Å². The van der Waals surface area contributed by atoms with Gasteiger partial charge in [0, 0.05) is 13.0 Å². The van der Waals surface area contributed by atoms with Crippen molar-refractivity contribution in [1.82, 2.24) is 10.2 Å². The molecule has 30 heavy (non-hydrogen) atoms. The molecule has 0 aliphatic carbocycles. The lowest BCUT2D eigenvalue weighted by Crippen LogP contribution is -2.59. The Kier molecular flexibility index (Phi) is 7.83. The molecule has 0 radical (unpaired) electrons. The molecule has 166 valence electrons. The molecule has 3 N–H and O–H groups in total. The summed E-state index contributed by atoms with van der Waals surface area (Å²) in [4.78, 5) is 40.0. The van der Waals surface area contributed by atoms with E-state index in [1.54, 1.807) is 26.2 Å². The van der Waals surface area contributed by atoms with E-state index in [9.17, 15) is 14.4 Å². The van der Waals surface area contributed by atoms with Crippen LogP contribution in [-0.4, -0.2) is 61.1 Å². The fourth-order valence-corrected chi connectivity index (χ4v) is 3.70. The van der Waals surface area contributed by atoms with Crippen LogP contribution in [0.3, 0.4) is 0 Å². The van der Waals surface area contributed by atoms with E-state index in [0.29, 0.717) is 25.1 Å². The molecule has 0 unspecified atom stereocenters. The Morgan fingerprint density at radius 1 is 1.20 bits per heavy atom. The van der Waals surface area contributed by atoms with Crippen molar-refractivity contribution in [2.45, 2.75) is 57.7 Å². The summed E-state index contributed by atoms with van der Waals surface area (Å²) < 4.78 is 10.1. The van der Waals surface area contributed by atoms with Gasteiger partial charge < -0.3 is 25.4 Å². The summed E-state index contributed by atoms with van der Waals surface area (Å²) >= 11 is 0. The summed E-state index contributed by atoms with van der Waals surface area (Å²) in [5.74, 6) is -0.544. The van der Waals surface area contributed by atoms with Crippen LogP contribution in [0.5, 0.6) is 5.75 Å². The molecular formula is C22H33N3O5. The van der Waals surface area contributed by atoms with Crippen LogP contribution in [0, 0.1) is 5.92 Å². The van der Waals surface area contributed by atoms with Gasteiger partial charge in [0.2, 0.25) is 11.8 Å². The summed E-state index contributed by atoms with van der Waals surface area (Å²) in [7, 11) is 2.89. The van der Waals surface area contributed by atoms with E-state index < -0.39 is 29.5 Å². The van der Waals surface area contributed by atoms with Gasteiger partial charge in [-0.15, -0.1) is 0 Å². The van der Waals surface area contributed by atoms with E-state index in [0.717, 1.165) is 5.56 Å². The maximum absolute atomic E-state index is 13.5. The van der Waals surface area contributed by atoms with Crippen LogP contribution < -0.4 is 15.8 Å². The Morgan fingerprint density at radius 2 is 1.83 bits per heavy atom. The van der Waals surface area contributed by atoms with Crippen molar-refractivity contribution in [2.75, 3.05) is 20.8 Å². The molecule has 1 aromatic rings. The van der Waals surface area contributed by atoms with Gasteiger partial charge in [-0.1, -0.05) is 26.0 Å². The average molecular weight is 420 g/mol. The Hall–Kier alpha value is -2.61. The maximum atomic E-state index is 13.5. The standard InChI is InChI=1S/C22H33N3O5/c1-14(2)18(23)19(26)24-17(13-15-7-9-16(29-4)10-8-15)20(27)25-12-6-11-22(25,3)21(28)30-5/h7-10,14,17-18H,6,11-13,23H2,1-5H3,(H,24,26)/t17-,18-,22-/m0/s1. The molecule has 1 aliphatic heterocycles. The second-order valence-electron chi connectivity index (χ2n) is 8.24. The van der Waals surface area contributed by atoms with Gasteiger partial charge in [0.05, 0.1) is 20.3 Å². The molecule has 3 atom stereocenters. The molecular weight excluding hydrogens is 386 g/mol. The highest BCUT2D eigenvalue weighted by atomic mass is 16.5. The van der Waals surface area contributed by atoms with E-state index in [-0.39, 0.29) is 18.2 Å². The molecule has 1 heterocycles. The summed E-state index contributed by atoms with van der Waals surface area (Å²) in [6.07, 6.45) is 1.47. The molecule has 0 aromatic heterocycles. The van der Waals surface area contributed by atoms with Crippen LogP contribution >= 0.6 is 0 Å². The number of esters is 1. The van der Waals surface area contributed by atoms with E-state index in [1.165, 1.54) is 12.0 Å². The minimum atomic E-state index is -1.05. The first-order valence-corrected chi connectivity index (χ1v) is 10.2. The van der Waals surface area contributed by atoms with Gasteiger partial charge in [-0.25, -0.2) is 4.79 Å². The number of nitrogens with one attached hydrogen (secondary N) is 1. The third-order valence-electron chi connectivity index (χ3n) is 5.77. The van der Waals surface area contributed by atoms with Gasteiger partial charge in [0.15, 0.2) is 0 Å². The van der Waals surface area contributed by atoms with E-state index >= 15 is 0 Å². The van der Waals surface area contributed by atoms with Crippen molar-refractivity contribution in [3.8, 4) is 5.75 Å². The Bertz CT molecular complexity index is 765. The fraction of sp³-hybridized carbons (Fsp3) is 0.591. The average Bonchev–Trinajstić information content (AvgIpc) is 3.14. The zero-order chi connectivity index (χ0) is 22.5. The van der Waals surface area contributed by atoms with Gasteiger partial charge >= 0.3 is 5.97 Å². The van der Waals surface area contributed by atoms with E-state index in [2.05, 4.69) is 5.32 Å². The smallest absolute Gasteiger partial charge is 0.331 e. The first-order chi connectivity index (χ1) is 14.1. The van der Waals surface area contributed by atoms with Gasteiger partial charge in [0.25, 0.3) is 0 Å². The molecule has 1 aliphatic rings. The molecule has 0 spiro atoms. The van der Waals surface area contributed by atoms with Crippen LogP contribution in [0.4, 0.5) is 0 Å². The second-order valence-corrected chi connectivity index (χ2v) is 8.24. The Labute approximate surface area is 178 Å². The molecule has 8 heteroatoms. The number of benzene rings is 1. The van der Waals surface area contributed by atoms with E-state index in [4.69, 9.17) is 15.2 Å². The zero-order valence-electron chi connectivity index (χ0n) is 18.4. The number of rotatable bonds is 8. The molecule has 1 fully saturated rings. The number of carbonyl (C=O) groups excluding carboxylic acids is 3. The summed E-state index contributed by atoms with van der Waals surface area (Å²) in [6, 6.07) is 5.70. The third kappa shape index (κ3) is 5.11. The third-order valence-corrected chi connectivity index (χ3v) is 5.77. The summed E-state index contributed by atoms with van der Waals surface area (Å²) in [5, 5.41) is 2.81. The molecule has 0 saturated carbocycles. The Balaban J connectivity index is 2.30. The Morgan fingerprint density at radius 3 is 2.37 bits per heavy atom. The number of nitrogens with two attached hydrogens (primary N) is 1. The van der Waals surface area contributed by atoms with Crippen molar-refractivity contribution in [3.63, 3.8) is 0 Å². The number of ether oxygens (including phenoxy) is 2. The lowest BCUT2D eigenvalue weighted by molar-refractivity contribution is -0.159. The number of hydrogen-bond donors (Lipinski definition) is 2. The predicted molar refractivity (Wildman–Crippen MR) is 113 cm³/mol. The van der Waals surface area contributed by atoms with Crippen LogP contribution in [-0.2, 0) is 25.5 Å². The number of amides is 2. The lowest BCUT2D eigenvalue weighted by atomic mass is 9.96. The van der Waals surface area contributed by atoms with Crippen molar-refractivity contribution < 1.29 is 23.9 Å². The summed E-state index contributed by atoms with van der Waals surface area (Å²) in [6.45, 7) is 5.82. The molecule has 1 saturated heterocycles. The molecule has 1 aromatic carbocycles. The minimum absolute atomic E-state index is 0.0751. The summed E-state index contributed by atoms with van der Waals surface area (Å²) in [5.41, 5.74) is 5.80. The van der Waals surface area contributed by atoms with Gasteiger partial charge in [-0.2, -0.15) is 0 Å². The van der Waals surface area contributed by atoms with Crippen molar-refractivity contribution in [2.24, 2.45) is 11.7 Å². The van der Waals surface area contributed by atoms with Crippen molar-refractivity contribution in [3.05, 3.63) is 29.8 Å². The maximum Gasteiger partial charge on any atom is 0.331 e. The number of likely N-dealkylation sites (tertiary alicyclic amines) is 1. The highest BCUT2D eigenvalue weighted by molar-refractivity contribution is 5.94. The predicted octanol–water partition coefficient (Wildman–Crippen LogP) is 1.26. The van der Waals surface area contributed by atoms with Crippen LogP contribution in [0.1, 0.15) is 39.2 Å². The van der Waals surface area contributed by atoms with Crippen LogP contribution in [0.25, 0.3) is 0 Å². The highest BCUT2D eigenvalue weighted by Gasteiger charge is 2.48. The number of methoxy groups -OCH3 is 2. The number of hydrogen-bond acceptors (Lipinski definition) is 6. The van der Waals surface area contributed by atoms with Gasteiger partial charge in [-0.3, -0.25) is 9.59 Å². The zero-order valence-corrected chi connectivity index (χ0v) is 18.4. The van der Waals surface area contributed by atoms with Crippen LogP contribution in [0.2, 0.25) is 0 Å². The number of nitrogens with zero attached hydrogens (tertiary/aromatic N) is 1. The number of carbonyl (C=O) groups is 3.